The number of benzene rings is 1. The molecule has 0 atom stereocenters. The highest BCUT2D eigenvalue weighted by molar-refractivity contribution is 6.35. The molecule has 7 heteroatoms. The summed E-state index contributed by atoms with van der Waals surface area (Å²) in [6.07, 6.45) is 1.77. The van der Waals surface area contributed by atoms with Crippen molar-refractivity contribution in [3.63, 3.8) is 0 Å². The number of amides is 3. The lowest BCUT2D eigenvalue weighted by atomic mass is 10.2. The van der Waals surface area contributed by atoms with Gasteiger partial charge in [0.15, 0.2) is 0 Å². The molecule has 0 radical (unpaired) electrons. The minimum atomic E-state index is -0.879. The van der Waals surface area contributed by atoms with Crippen molar-refractivity contribution in [1.82, 2.24) is 20.7 Å². The maximum Gasteiger partial charge on any atom is 0.327 e. The molecule has 7 nitrogen and oxygen atoms in total. The van der Waals surface area contributed by atoms with Gasteiger partial charge in [-0.05, 0) is 63.1 Å². The first-order valence-corrected chi connectivity index (χ1v) is 8.12. The van der Waals surface area contributed by atoms with Crippen molar-refractivity contribution in [2.45, 2.75) is 32.7 Å². The van der Waals surface area contributed by atoms with E-state index in [9.17, 15) is 14.4 Å². The second kappa shape index (κ2) is 6.80. The number of carbonyl (C=O) groups excluding carboxylic acids is 3. The zero-order chi connectivity index (χ0) is 18.0. The van der Waals surface area contributed by atoms with Crippen molar-refractivity contribution in [2.75, 3.05) is 0 Å². The number of rotatable bonds is 3. The van der Waals surface area contributed by atoms with Crippen LogP contribution in [0.5, 0.6) is 0 Å². The summed E-state index contributed by atoms with van der Waals surface area (Å²) >= 11 is 0. The predicted octanol–water partition coefficient (Wildman–Crippen LogP) is 1.13. The van der Waals surface area contributed by atoms with Crippen LogP contribution in [0.4, 0.5) is 0 Å². The zero-order valence-corrected chi connectivity index (χ0v) is 14.1. The Hall–Kier alpha value is -3.09. The van der Waals surface area contributed by atoms with Gasteiger partial charge in [-0.3, -0.25) is 25.2 Å². The van der Waals surface area contributed by atoms with Crippen LogP contribution in [0.15, 0.2) is 36.4 Å². The summed E-state index contributed by atoms with van der Waals surface area (Å²) in [5, 5.41) is 2.55. The van der Waals surface area contributed by atoms with Crippen molar-refractivity contribution in [2.24, 2.45) is 0 Å². The third-order valence-corrected chi connectivity index (χ3v) is 4.07. The fourth-order valence-electron chi connectivity index (χ4n) is 2.56. The highest BCUT2D eigenvalue weighted by atomic mass is 16.2. The van der Waals surface area contributed by atoms with Crippen molar-refractivity contribution in [3.05, 3.63) is 53.3 Å². The van der Waals surface area contributed by atoms with Crippen LogP contribution < -0.4 is 16.2 Å². The van der Waals surface area contributed by atoms with E-state index >= 15 is 0 Å². The van der Waals surface area contributed by atoms with Gasteiger partial charge in [0, 0.05) is 28.7 Å². The minimum absolute atomic E-state index is 0.0853. The van der Waals surface area contributed by atoms with E-state index in [1.54, 1.807) is 12.1 Å². The van der Waals surface area contributed by atoms with E-state index in [-0.39, 0.29) is 6.04 Å². The normalized spacial score (nSPS) is 13.2. The van der Waals surface area contributed by atoms with E-state index in [1.807, 2.05) is 38.1 Å². The molecule has 0 saturated heterocycles. The molecule has 3 N–H and O–H groups in total. The molecule has 1 aliphatic rings. The zero-order valence-electron chi connectivity index (χ0n) is 14.1. The van der Waals surface area contributed by atoms with Gasteiger partial charge in [0.25, 0.3) is 5.91 Å². The molecular formula is C18H20N4O3. The molecule has 0 unspecified atom stereocenters. The number of hydrogen-bond acceptors (Lipinski definition) is 3. The van der Waals surface area contributed by atoms with Crippen LogP contribution in [-0.2, 0) is 9.59 Å². The van der Waals surface area contributed by atoms with Crippen molar-refractivity contribution in [3.8, 4) is 5.69 Å². The highest BCUT2D eigenvalue weighted by Gasteiger charge is 2.26. The molecule has 3 amide bonds. The summed E-state index contributed by atoms with van der Waals surface area (Å²) in [6, 6.07) is 11.1. The Morgan fingerprint density at radius 3 is 2.04 bits per heavy atom. The molecule has 2 aromatic rings. The fourth-order valence-corrected chi connectivity index (χ4v) is 2.56. The topological polar surface area (TPSA) is 92.2 Å². The van der Waals surface area contributed by atoms with Gasteiger partial charge in [-0.2, -0.15) is 0 Å². The lowest BCUT2D eigenvalue weighted by Crippen LogP contribution is -2.48. The van der Waals surface area contributed by atoms with Crippen molar-refractivity contribution < 1.29 is 14.4 Å². The molecule has 0 bridgehead atoms. The second-order valence-electron chi connectivity index (χ2n) is 6.15. The van der Waals surface area contributed by atoms with Gasteiger partial charge >= 0.3 is 11.8 Å². The SMILES string of the molecule is Cc1ccc(C)n1-c1ccc(C(=O)NNC(=O)C(=O)NC2CC2)cc1. The molecular weight excluding hydrogens is 320 g/mol. The number of aryl methyl sites for hydroxylation is 2. The van der Waals surface area contributed by atoms with Crippen LogP contribution in [0.1, 0.15) is 34.6 Å². The average Bonchev–Trinajstić information content (AvgIpc) is 3.35. The maximum atomic E-state index is 12.1. The van der Waals surface area contributed by atoms with Gasteiger partial charge in [-0.25, -0.2) is 0 Å². The summed E-state index contributed by atoms with van der Waals surface area (Å²) in [5.74, 6) is -2.10. The first-order valence-electron chi connectivity index (χ1n) is 8.12. The Morgan fingerprint density at radius 2 is 1.48 bits per heavy atom. The summed E-state index contributed by atoms with van der Waals surface area (Å²) < 4.78 is 2.08. The van der Waals surface area contributed by atoms with E-state index in [4.69, 9.17) is 0 Å². The lowest BCUT2D eigenvalue weighted by Gasteiger charge is -2.11. The number of carbonyl (C=O) groups is 3. The molecule has 1 aliphatic carbocycles. The van der Waals surface area contributed by atoms with E-state index in [2.05, 4.69) is 20.7 Å². The summed E-state index contributed by atoms with van der Waals surface area (Å²) in [5.41, 5.74) is 7.90. The number of nitrogens with one attached hydrogen (secondary N) is 3. The minimum Gasteiger partial charge on any atom is -0.345 e. The standard InChI is InChI=1S/C18H20N4O3/c1-11-3-4-12(2)22(11)15-9-5-13(6-10-15)16(23)20-21-18(25)17(24)19-14-7-8-14/h3-6,9-10,14H,7-8H2,1-2H3,(H,19,24)(H,20,23)(H,21,25). The van der Waals surface area contributed by atoms with Crippen LogP contribution in [0.2, 0.25) is 0 Å². The third-order valence-electron chi connectivity index (χ3n) is 4.07. The van der Waals surface area contributed by atoms with E-state index in [1.165, 1.54) is 0 Å². The van der Waals surface area contributed by atoms with Gasteiger partial charge in [-0.1, -0.05) is 0 Å². The molecule has 0 aliphatic heterocycles. The Kier molecular flexibility index (Phi) is 4.56. The van der Waals surface area contributed by atoms with Crippen molar-refractivity contribution in [1.29, 1.82) is 0 Å². The van der Waals surface area contributed by atoms with Crippen LogP contribution in [-0.4, -0.2) is 28.3 Å². The monoisotopic (exact) mass is 340 g/mol. The fraction of sp³-hybridized carbons (Fsp3) is 0.278. The quantitative estimate of drug-likeness (QED) is 0.578. The number of hydrazine groups is 1. The number of nitrogens with zero attached hydrogens (tertiary/aromatic N) is 1. The molecule has 0 spiro atoms. The Morgan fingerprint density at radius 1 is 0.880 bits per heavy atom. The van der Waals surface area contributed by atoms with Crippen LogP contribution in [0, 0.1) is 13.8 Å². The summed E-state index contributed by atoms with van der Waals surface area (Å²) in [6.45, 7) is 4.02. The molecule has 1 saturated carbocycles. The van der Waals surface area contributed by atoms with E-state index < -0.39 is 17.7 Å². The van der Waals surface area contributed by atoms with E-state index in [0.29, 0.717) is 5.56 Å². The molecule has 1 aromatic carbocycles. The van der Waals surface area contributed by atoms with Crippen molar-refractivity contribution >= 4 is 17.7 Å². The Balaban J connectivity index is 1.59. The molecule has 130 valence electrons. The van der Waals surface area contributed by atoms with Crippen LogP contribution >= 0.6 is 0 Å². The average molecular weight is 340 g/mol. The summed E-state index contributed by atoms with van der Waals surface area (Å²) in [4.78, 5) is 35.2. The molecule has 1 heterocycles. The van der Waals surface area contributed by atoms with E-state index in [0.717, 1.165) is 29.9 Å². The molecule has 1 aromatic heterocycles. The maximum absolute atomic E-state index is 12.1. The first kappa shape index (κ1) is 16.8. The highest BCUT2D eigenvalue weighted by Crippen LogP contribution is 2.18. The molecule has 25 heavy (non-hydrogen) atoms. The Bertz CT molecular complexity index is 800. The van der Waals surface area contributed by atoms with Gasteiger partial charge in [0.05, 0.1) is 0 Å². The van der Waals surface area contributed by atoms with Gasteiger partial charge in [-0.15, -0.1) is 0 Å². The van der Waals surface area contributed by atoms with Crippen LogP contribution in [0.3, 0.4) is 0 Å². The lowest BCUT2D eigenvalue weighted by molar-refractivity contribution is -0.139. The van der Waals surface area contributed by atoms with Gasteiger partial charge in [0.1, 0.15) is 0 Å². The largest absolute Gasteiger partial charge is 0.345 e. The smallest absolute Gasteiger partial charge is 0.327 e. The molecule has 3 rings (SSSR count). The van der Waals surface area contributed by atoms with Crippen LogP contribution in [0.25, 0.3) is 5.69 Å². The Labute approximate surface area is 145 Å². The van der Waals surface area contributed by atoms with Gasteiger partial charge < -0.3 is 9.88 Å². The summed E-state index contributed by atoms with van der Waals surface area (Å²) in [7, 11) is 0. The third kappa shape index (κ3) is 3.88. The number of aromatic nitrogens is 1. The number of hydrogen-bond donors (Lipinski definition) is 3. The predicted molar refractivity (Wildman–Crippen MR) is 92.0 cm³/mol. The first-order chi connectivity index (χ1) is 12.0. The van der Waals surface area contributed by atoms with Gasteiger partial charge in [0.2, 0.25) is 0 Å². The second-order valence-corrected chi connectivity index (χ2v) is 6.15. The molecule has 1 fully saturated rings.